The lowest BCUT2D eigenvalue weighted by atomic mass is 10.3. The van der Waals surface area contributed by atoms with Crippen LogP contribution >= 0.6 is 15.9 Å². The Labute approximate surface area is 84.7 Å². The summed E-state index contributed by atoms with van der Waals surface area (Å²) in [7, 11) is 0. The zero-order valence-corrected chi connectivity index (χ0v) is 8.17. The third kappa shape index (κ3) is 1.47. The predicted octanol–water partition coefficient (Wildman–Crippen LogP) is 2.51. The molecule has 0 aliphatic heterocycles. The third-order valence-electron chi connectivity index (χ3n) is 1.69. The van der Waals surface area contributed by atoms with E-state index in [-0.39, 0.29) is 4.73 Å². The lowest BCUT2D eigenvalue weighted by Gasteiger charge is -2.05. The van der Waals surface area contributed by atoms with E-state index in [9.17, 15) is 13.2 Å². The van der Waals surface area contributed by atoms with Gasteiger partial charge in [-0.15, -0.1) is 10.2 Å². The van der Waals surface area contributed by atoms with E-state index in [0.29, 0.717) is 5.65 Å². The largest absolute Gasteiger partial charge is 0.417 e. The summed E-state index contributed by atoms with van der Waals surface area (Å²) in [6.45, 7) is 0. The van der Waals surface area contributed by atoms with Crippen molar-refractivity contribution in [1.29, 1.82) is 0 Å². The SMILES string of the molecule is FC(F)(F)c1ccc2nnc(Br)n2c1. The molecule has 2 aromatic rings. The Morgan fingerprint density at radius 1 is 1.21 bits per heavy atom. The second kappa shape index (κ2) is 2.94. The Bertz CT molecular complexity index is 476. The van der Waals surface area contributed by atoms with E-state index in [1.807, 2.05) is 0 Å². The molecule has 2 rings (SSSR count). The highest BCUT2D eigenvalue weighted by Crippen LogP contribution is 2.29. The maximum Gasteiger partial charge on any atom is 0.417 e. The van der Waals surface area contributed by atoms with Crippen LogP contribution in [0.15, 0.2) is 23.1 Å². The van der Waals surface area contributed by atoms with Crippen molar-refractivity contribution in [2.24, 2.45) is 0 Å². The first-order valence-electron chi connectivity index (χ1n) is 3.56. The summed E-state index contributed by atoms with van der Waals surface area (Å²) in [5.41, 5.74) is -0.365. The van der Waals surface area contributed by atoms with Crippen LogP contribution in [0.5, 0.6) is 0 Å². The van der Waals surface area contributed by atoms with Crippen LogP contribution in [0.1, 0.15) is 5.56 Å². The molecule has 2 aromatic heterocycles. The summed E-state index contributed by atoms with van der Waals surface area (Å²) in [6.07, 6.45) is -3.41. The van der Waals surface area contributed by atoms with Crippen LogP contribution in [0.4, 0.5) is 13.2 Å². The van der Waals surface area contributed by atoms with Gasteiger partial charge in [0.05, 0.1) is 5.56 Å². The Morgan fingerprint density at radius 2 is 1.93 bits per heavy atom. The van der Waals surface area contributed by atoms with Crippen molar-refractivity contribution in [1.82, 2.24) is 14.6 Å². The van der Waals surface area contributed by atoms with Crippen LogP contribution < -0.4 is 0 Å². The average Bonchev–Trinajstić information content (AvgIpc) is 2.46. The van der Waals surface area contributed by atoms with Crippen LogP contribution in [0.25, 0.3) is 5.65 Å². The van der Waals surface area contributed by atoms with Gasteiger partial charge in [0, 0.05) is 6.20 Å². The van der Waals surface area contributed by atoms with Crippen LogP contribution in [-0.2, 0) is 6.18 Å². The van der Waals surface area contributed by atoms with Gasteiger partial charge in [0.1, 0.15) is 0 Å². The molecule has 0 aromatic carbocycles. The summed E-state index contributed by atoms with van der Waals surface area (Å²) in [5.74, 6) is 0. The molecule has 0 N–H and O–H groups in total. The van der Waals surface area contributed by atoms with Crippen molar-refractivity contribution < 1.29 is 13.2 Å². The molecule has 0 fully saturated rings. The average molecular weight is 266 g/mol. The maximum absolute atomic E-state index is 12.3. The highest BCUT2D eigenvalue weighted by molar-refractivity contribution is 9.10. The number of alkyl halides is 3. The molecular weight excluding hydrogens is 263 g/mol. The van der Waals surface area contributed by atoms with Crippen LogP contribution in [0, 0.1) is 0 Å². The van der Waals surface area contributed by atoms with E-state index in [1.165, 1.54) is 10.5 Å². The van der Waals surface area contributed by atoms with Crippen LogP contribution in [0.2, 0.25) is 0 Å². The van der Waals surface area contributed by atoms with Gasteiger partial charge in [-0.1, -0.05) is 0 Å². The van der Waals surface area contributed by atoms with Crippen LogP contribution in [-0.4, -0.2) is 14.6 Å². The van der Waals surface area contributed by atoms with Crippen molar-refractivity contribution in [2.45, 2.75) is 6.18 Å². The lowest BCUT2D eigenvalue weighted by molar-refractivity contribution is -0.137. The number of hydrogen-bond acceptors (Lipinski definition) is 2. The molecule has 0 amide bonds. The Balaban J connectivity index is 2.66. The fraction of sp³-hybridized carbons (Fsp3) is 0.143. The van der Waals surface area contributed by atoms with E-state index in [1.54, 1.807) is 0 Å². The Hall–Kier alpha value is -1.11. The number of rotatable bonds is 0. The fourth-order valence-electron chi connectivity index (χ4n) is 1.03. The smallest absolute Gasteiger partial charge is 0.276 e. The van der Waals surface area contributed by atoms with Gasteiger partial charge in [0.25, 0.3) is 0 Å². The summed E-state index contributed by atoms with van der Waals surface area (Å²) < 4.78 is 38.3. The molecule has 7 heteroatoms. The molecule has 0 saturated heterocycles. The van der Waals surface area contributed by atoms with Crippen LogP contribution in [0.3, 0.4) is 0 Å². The molecule has 0 bridgehead atoms. The second-order valence-electron chi connectivity index (χ2n) is 2.61. The highest BCUT2D eigenvalue weighted by Gasteiger charge is 2.31. The van der Waals surface area contributed by atoms with Gasteiger partial charge in [0.15, 0.2) is 5.65 Å². The van der Waals surface area contributed by atoms with Gasteiger partial charge in [-0.05, 0) is 28.1 Å². The molecule has 14 heavy (non-hydrogen) atoms. The predicted molar refractivity (Wildman–Crippen MR) is 45.7 cm³/mol. The quantitative estimate of drug-likeness (QED) is 0.733. The minimum atomic E-state index is -4.35. The molecule has 3 nitrogen and oxygen atoms in total. The first kappa shape index (κ1) is 9.45. The van der Waals surface area contributed by atoms with Crippen molar-refractivity contribution in [3.05, 3.63) is 28.6 Å². The van der Waals surface area contributed by atoms with E-state index >= 15 is 0 Å². The number of aromatic nitrogens is 3. The fourth-order valence-corrected chi connectivity index (χ4v) is 1.39. The summed E-state index contributed by atoms with van der Waals surface area (Å²) in [5, 5.41) is 7.22. The van der Waals surface area contributed by atoms with Crippen molar-refractivity contribution >= 4 is 21.6 Å². The van der Waals surface area contributed by atoms with Crippen molar-refractivity contribution in [3.63, 3.8) is 0 Å². The second-order valence-corrected chi connectivity index (χ2v) is 3.32. The molecule has 0 atom stereocenters. The highest BCUT2D eigenvalue weighted by atomic mass is 79.9. The van der Waals surface area contributed by atoms with E-state index in [0.717, 1.165) is 12.3 Å². The molecule has 0 aliphatic rings. The van der Waals surface area contributed by atoms with Crippen molar-refractivity contribution in [3.8, 4) is 0 Å². The molecule has 0 aliphatic carbocycles. The Morgan fingerprint density at radius 3 is 2.57 bits per heavy atom. The molecule has 0 spiro atoms. The van der Waals surface area contributed by atoms with Crippen molar-refractivity contribution in [2.75, 3.05) is 0 Å². The van der Waals surface area contributed by atoms with Gasteiger partial charge in [-0.2, -0.15) is 13.2 Å². The first-order chi connectivity index (χ1) is 6.48. The van der Waals surface area contributed by atoms with Gasteiger partial charge in [-0.3, -0.25) is 4.40 Å². The molecule has 0 radical (unpaired) electrons. The zero-order valence-electron chi connectivity index (χ0n) is 6.59. The summed E-state index contributed by atoms with van der Waals surface area (Å²) in [4.78, 5) is 0. The zero-order chi connectivity index (χ0) is 10.3. The minimum Gasteiger partial charge on any atom is -0.276 e. The molecule has 0 unspecified atom stereocenters. The topological polar surface area (TPSA) is 30.2 Å². The van der Waals surface area contributed by atoms with Gasteiger partial charge in [-0.25, -0.2) is 0 Å². The number of pyridine rings is 1. The Kier molecular flexibility index (Phi) is 1.99. The molecule has 0 saturated carbocycles. The monoisotopic (exact) mass is 265 g/mol. The molecule has 2 heterocycles. The first-order valence-corrected chi connectivity index (χ1v) is 4.35. The van der Waals surface area contributed by atoms with Gasteiger partial charge < -0.3 is 0 Å². The standard InChI is InChI=1S/C7H3BrF3N3/c8-6-13-12-5-2-1-4(3-14(5)6)7(9,10)11/h1-3H. The molecular formula is C7H3BrF3N3. The number of nitrogens with zero attached hydrogens (tertiary/aromatic N) is 3. The minimum absolute atomic E-state index is 0.249. The van der Waals surface area contributed by atoms with E-state index in [4.69, 9.17) is 0 Å². The number of fused-ring (bicyclic) bond motifs is 1. The van der Waals surface area contributed by atoms with Gasteiger partial charge in [0.2, 0.25) is 4.73 Å². The van der Waals surface area contributed by atoms with E-state index < -0.39 is 11.7 Å². The van der Waals surface area contributed by atoms with Gasteiger partial charge >= 0.3 is 6.18 Å². The summed E-state index contributed by atoms with van der Waals surface area (Å²) in [6, 6.07) is 2.23. The lowest BCUT2D eigenvalue weighted by Crippen LogP contribution is -2.06. The molecule has 74 valence electrons. The normalized spacial score (nSPS) is 12.3. The summed E-state index contributed by atoms with van der Waals surface area (Å²) >= 11 is 2.99. The van der Waals surface area contributed by atoms with E-state index in [2.05, 4.69) is 26.1 Å². The maximum atomic E-state index is 12.3. The number of halogens is 4. The third-order valence-corrected chi connectivity index (χ3v) is 2.23. The number of hydrogen-bond donors (Lipinski definition) is 0.